The maximum atomic E-state index is 8.74. The zero-order valence-electron chi connectivity index (χ0n) is 10.9. The molecule has 3 heteroatoms. The van der Waals surface area contributed by atoms with Crippen molar-refractivity contribution in [2.75, 3.05) is 25.1 Å². The van der Waals surface area contributed by atoms with Gasteiger partial charge in [-0.25, -0.2) is 0 Å². The van der Waals surface area contributed by atoms with Crippen LogP contribution >= 0.6 is 0 Å². The van der Waals surface area contributed by atoms with Crippen LogP contribution in [0.3, 0.4) is 0 Å². The summed E-state index contributed by atoms with van der Waals surface area (Å²) in [4.78, 5) is 2.26. The number of rotatable bonds is 7. The second-order valence-electron chi connectivity index (χ2n) is 4.54. The van der Waals surface area contributed by atoms with Crippen molar-refractivity contribution in [3.8, 4) is 0 Å². The van der Waals surface area contributed by atoms with E-state index in [4.69, 9.17) is 10.8 Å². The van der Waals surface area contributed by atoms with E-state index in [1.54, 1.807) is 0 Å². The third-order valence-corrected chi connectivity index (χ3v) is 3.02. The van der Waals surface area contributed by atoms with E-state index < -0.39 is 0 Å². The highest BCUT2D eigenvalue weighted by Crippen LogP contribution is 2.21. The molecule has 1 aromatic rings. The molecule has 0 amide bonds. The number of aliphatic hydroxyl groups excluding tert-OH is 1. The molecule has 0 heterocycles. The van der Waals surface area contributed by atoms with Gasteiger partial charge in [0.2, 0.25) is 0 Å². The molecule has 0 saturated heterocycles. The van der Waals surface area contributed by atoms with Crippen LogP contribution in [0.2, 0.25) is 0 Å². The number of benzene rings is 1. The average Bonchev–Trinajstić information content (AvgIpc) is 2.34. The van der Waals surface area contributed by atoms with Gasteiger partial charge in [-0.05, 0) is 43.4 Å². The molecule has 0 fully saturated rings. The minimum absolute atomic E-state index is 0.294. The maximum Gasteiger partial charge on any atom is 0.0431 e. The van der Waals surface area contributed by atoms with Gasteiger partial charge in [0.05, 0.1) is 0 Å². The molecule has 0 aliphatic rings. The molecular formula is C14H24N2O. The Morgan fingerprint density at radius 2 is 2.00 bits per heavy atom. The first-order chi connectivity index (χ1) is 8.19. The lowest BCUT2D eigenvalue weighted by Crippen LogP contribution is -2.21. The van der Waals surface area contributed by atoms with Gasteiger partial charge in [0.25, 0.3) is 0 Å². The fraction of sp³-hybridized carbons (Fsp3) is 0.571. The Bertz CT molecular complexity index is 339. The van der Waals surface area contributed by atoms with E-state index in [1.807, 2.05) is 0 Å². The summed E-state index contributed by atoms with van der Waals surface area (Å²) in [5.74, 6) is 0. The van der Waals surface area contributed by atoms with Gasteiger partial charge in [-0.1, -0.05) is 12.1 Å². The fourth-order valence-corrected chi connectivity index (χ4v) is 1.96. The average molecular weight is 236 g/mol. The van der Waals surface area contributed by atoms with Gasteiger partial charge in [-0.3, -0.25) is 0 Å². The lowest BCUT2D eigenvalue weighted by molar-refractivity contribution is 0.283. The van der Waals surface area contributed by atoms with E-state index >= 15 is 0 Å². The Kier molecular flexibility index (Phi) is 6.01. The molecule has 0 atom stereocenters. The molecule has 17 heavy (non-hydrogen) atoms. The van der Waals surface area contributed by atoms with Gasteiger partial charge >= 0.3 is 0 Å². The molecular weight excluding hydrogens is 212 g/mol. The predicted octanol–water partition coefficient (Wildman–Crippen LogP) is 2.05. The molecule has 0 unspecified atom stereocenters. The first-order valence-electron chi connectivity index (χ1n) is 6.30. The molecule has 0 aliphatic carbocycles. The number of nitrogens with zero attached hydrogens (tertiary/aromatic N) is 1. The molecule has 1 aromatic carbocycles. The summed E-state index contributed by atoms with van der Waals surface area (Å²) in [7, 11) is 2.10. The number of hydrogen-bond acceptors (Lipinski definition) is 3. The summed E-state index contributed by atoms with van der Waals surface area (Å²) in [6, 6.07) is 6.40. The summed E-state index contributed by atoms with van der Waals surface area (Å²) in [6.07, 6.45) is 3.07. The van der Waals surface area contributed by atoms with Crippen molar-refractivity contribution < 1.29 is 5.11 Å². The zero-order valence-corrected chi connectivity index (χ0v) is 10.9. The van der Waals surface area contributed by atoms with Crippen LogP contribution in [0, 0.1) is 6.92 Å². The van der Waals surface area contributed by atoms with Crippen LogP contribution in [0.4, 0.5) is 5.69 Å². The first-order valence-corrected chi connectivity index (χ1v) is 6.30. The lowest BCUT2D eigenvalue weighted by Gasteiger charge is -2.22. The first kappa shape index (κ1) is 14.0. The standard InChI is InChI=1S/C14H24N2O/c1-12-6-7-13(11-15)14(10-12)16(2)8-4-3-5-9-17/h6-7,10,17H,3-5,8-9,11,15H2,1-2H3. The van der Waals surface area contributed by atoms with Gasteiger partial charge in [0.15, 0.2) is 0 Å². The highest BCUT2D eigenvalue weighted by atomic mass is 16.2. The van der Waals surface area contributed by atoms with E-state index in [9.17, 15) is 0 Å². The third-order valence-electron chi connectivity index (χ3n) is 3.02. The van der Waals surface area contributed by atoms with Crippen molar-refractivity contribution in [1.82, 2.24) is 0 Å². The van der Waals surface area contributed by atoms with Crippen molar-refractivity contribution in [3.05, 3.63) is 29.3 Å². The topological polar surface area (TPSA) is 49.5 Å². The van der Waals surface area contributed by atoms with E-state index in [1.165, 1.54) is 16.8 Å². The fourth-order valence-electron chi connectivity index (χ4n) is 1.96. The summed E-state index contributed by atoms with van der Waals surface area (Å²) in [5.41, 5.74) is 9.45. The molecule has 0 aromatic heterocycles. The zero-order chi connectivity index (χ0) is 12.7. The number of hydrogen-bond donors (Lipinski definition) is 2. The maximum absolute atomic E-state index is 8.74. The van der Waals surface area contributed by atoms with Crippen LogP contribution in [0.1, 0.15) is 30.4 Å². The van der Waals surface area contributed by atoms with Crippen molar-refractivity contribution in [2.24, 2.45) is 5.73 Å². The third kappa shape index (κ3) is 4.36. The summed E-state index contributed by atoms with van der Waals surface area (Å²) < 4.78 is 0. The molecule has 3 N–H and O–H groups in total. The van der Waals surface area contributed by atoms with Gasteiger partial charge in [-0.2, -0.15) is 0 Å². The van der Waals surface area contributed by atoms with E-state index in [0.717, 1.165) is 25.8 Å². The van der Waals surface area contributed by atoms with Gasteiger partial charge < -0.3 is 15.7 Å². The second-order valence-corrected chi connectivity index (χ2v) is 4.54. The molecule has 1 rings (SSSR count). The predicted molar refractivity (Wildman–Crippen MR) is 73.3 cm³/mol. The van der Waals surface area contributed by atoms with Crippen LogP contribution in [-0.2, 0) is 6.54 Å². The number of nitrogens with two attached hydrogens (primary N) is 1. The Hall–Kier alpha value is -1.06. The quantitative estimate of drug-likeness (QED) is 0.712. The Labute approximate surface area is 104 Å². The lowest BCUT2D eigenvalue weighted by atomic mass is 10.1. The van der Waals surface area contributed by atoms with Crippen LogP contribution in [0.15, 0.2) is 18.2 Å². The van der Waals surface area contributed by atoms with E-state index in [2.05, 4.69) is 37.1 Å². The van der Waals surface area contributed by atoms with Crippen LogP contribution in [0.5, 0.6) is 0 Å². The molecule has 0 saturated carbocycles. The van der Waals surface area contributed by atoms with Gasteiger partial charge in [0.1, 0.15) is 0 Å². The summed E-state index contributed by atoms with van der Waals surface area (Å²) >= 11 is 0. The normalized spacial score (nSPS) is 10.6. The molecule has 96 valence electrons. The molecule has 0 bridgehead atoms. The van der Waals surface area contributed by atoms with Crippen LogP contribution in [0.25, 0.3) is 0 Å². The van der Waals surface area contributed by atoms with Gasteiger partial charge in [0, 0.05) is 32.4 Å². The molecule has 3 nitrogen and oxygen atoms in total. The largest absolute Gasteiger partial charge is 0.396 e. The number of anilines is 1. The molecule has 0 radical (unpaired) electrons. The Morgan fingerprint density at radius 1 is 1.24 bits per heavy atom. The van der Waals surface area contributed by atoms with Gasteiger partial charge in [-0.15, -0.1) is 0 Å². The highest BCUT2D eigenvalue weighted by molar-refractivity contribution is 5.54. The molecule has 0 aliphatic heterocycles. The van der Waals surface area contributed by atoms with E-state index in [0.29, 0.717) is 13.2 Å². The van der Waals surface area contributed by atoms with E-state index in [-0.39, 0.29) is 0 Å². The van der Waals surface area contributed by atoms with Crippen molar-refractivity contribution in [3.63, 3.8) is 0 Å². The smallest absolute Gasteiger partial charge is 0.0431 e. The molecule has 0 spiro atoms. The summed E-state index contributed by atoms with van der Waals surface area (Å²) in [6.45, 7) is 3.98. The van der Waals surface area contributed by atoms with Crippen LogP contribution in [-0.4, -0.2) is 25.3 Å². The number of aryl methyl sites for hydroxylation is 1. The number of aliphatic hydroxyl groups is 1. The highest BCUT2D eigenvalue weighted by Gasteiger charge is 2.06. The monoisotopic (exact) mass is 236 g/mol. The number of unbranched alkanes of at least 4 members (excludes halogenated alkanes) is 2. The van der Waals surface area contributed by atoms with Crippen molar-refractivity contribution in [1.29, 1.82) is 0 Å². The summed E-state index contributed by atoms with van der Waals surface area (Å²) in [5, 5.41) is 8.74. The van der Waals surface area contributed by atoms with Crippen LogP contribution < -0.4 is 10.6 Å². The second kappa shape index (κ2) is 7.30. The minimum Gasteiger partial charge on any atom is -0.396 e. The SMILES string of the molecule is Cc1ccc(CN)c(N(C)CCCCCO)c1. The Balaban J connectivity index is 2.60. The van der Waals surface area contributed by atoms with Crippen molar-refractivity contribution >= 4 is 5.69 Å². The van der Waals surface area contributed by atoms with Crippen molar-refractivity contribution in [2.45, 2.75) is 32.7 Å². The Morgan fingerprint density at radius 3 is 2.65 bits per heavy atom. The minimum atomic E-state index is 0.294.